The monoisotopic (exact) mass is 645 g/mol. The van der Waals surface area contributed by atoms with Gasteiger partial charge in [0, 0.05) is 13.0 Å². The summed E-state index contributed by atoms with van der Waals surface area (Å²) < 4.78 is 114. The van der Waals surface area contributed by atoms with Crippen molar-refractivity contribution in [2.75, 3.05) is 23.0 Å². The van der Waals surface area contributed by atoms with Crippen LogP contribution in [0.5, 0.6) is 11.5 Å². The van der Waals surface area contributed by atoms with Crippen LogP contribution in [0, 0.1) is 0 Å². The second-order valence-corrected chi connectivity index (χ2v) is 13.5. The van der Waals surface area contributed by atoms with E-state index in [0.717, 1.165) is 12.1 Å². The summed E-state index contributed by atoms with van der Waals surface area (Å²) in [5, 5.41) is 0. The molecule has 0 atom stereocenters. The van der Waals surface area contributed by atoms with Crippen LogP contribution >= 0.6 is 0 Å². The number of benzene rings is 2. The Morgan fingerprint density at radius 1 is 0.929 bits per heavy atom. The average molecular weight is 646 g/mol. The molecule has 15 nitrogen and oxygen atoms in total. The molecule has 1 aromatic heterocycles. The van der Waals surface area contributed by atoms with Gasteiger partial charge in [0.25, 0.3) is 42.3 Å². The number of anilines is 1. The number of carbonyl (C=O) groups is 1. The summed E-state index contributed by atoms with van der Waals surface area (Å²) in [7, 11) is -13.0. The van der Waals surface area contributed by atoms with Crippen molar-refractivity contribution in [1.82, 2.24) is 0 Å². The smallest absolute Gasteiger partial charge is 0.374 e. The van der Waals surface area contributed by atoms with Crippen LogP contribution in [-0.2, 0) is 41.7 Å². The predicted molar refractivity (Wildman–Crippen MR) is 147 cm³/mol. The van der Waals surface area contributed by atoms with E-state index >= 15 is 0 Å². The molecule has 2 heterocycles. The molecule has 2 aromatic carbocycles. The van der Waals surface area contributed by atoms with Gasteiger partial charge in [-0.3, -0.25) is 18.5 Å². The molecular formula is C24H25N2O13S3+. The number of oxazole rings is 1. The summed E-state index contributed by atoms with van der Waals surface area (Å²) in [5.41, 5.74) is 1.07. The van der Waals surface area contributed by atoms with Gasteiger partial charge in [-0.05, 0) is 48.9 Å². The Labute approximate surface area is 240 Å². The lowest BCUT2D eigenvalue weighted by atomic mass is 10.2. The number of fused-ring (bicyclic) bond motifs is 2. The maximum atomic E-state index is 11.7. The Morgan fingerprint density at radius 3 is 2.31 bits per heavy atom. The molecule has 0 spiro atoms. The Kier molecular flexibility index (Phi) is 9.04. The van der Waals surface area contributed by atoms with Gasteiger partial charge in [0.05, 0.1) is 34.2 Å². The minimum atomic E-state index is -4.55. The number of carbonyl (C=O) groups excluding carboxylic acids is 1. The van der Waals surface area contributed by atoms with Crippen LogP contribution in [0.4, 0.5) is 5.69 Å². The number of aromatic nitrogens is 1. The highest BCUT2D eigenvalue weighted by molar-refractivity contribution is 7.86. The molecular weight excluding hydrogens is 620 g/mol. The molecule has 3 N–H and O–H groups in total. The molecule has 1 aliphatic heterocycles. The Balaban J connectivity index is 1.68. The predicted octanol–water partition coefficient (Wildman–Crippen LogP) is 1.81. The van der Waals surface area contributed by atoms with Gasteiger partial charge in [0.2, 0.25) is 11.5 Å². The lowest BCUT2D eigenvalue weighted by Gasteiger charge is -2.18. The van der Waals surface area contributed by atoms with Crippen molar-refractivity contribution in [1.29, 1.82) is 0 Å². The lowest BCUT2D eigenvalue weighted by molar-refractivity contribution is -0.677. The maximum Gasteiger partial charge on any atom is 0.374 e. The average Bonchev–Trinajstić information content (AvgIpc) is 3.39. The highest BCUT2D eigenvalue weighted by Crippen LogP contribution is 2.40. The molecule has 1 aliphatic rings. The van der Waals surface area contributed by atoms with Crippen molar-refractivity contribution in [3.8, 4) is 11.5 Å². The first-order valence-electron chi connectivity index (χ1n) is 12.1. The van der Waals surface area contributed by atoms with Gasteiger partial charge in [0.15, 0.2) is 12.3 Å². The Bertz CT molecular complexity index is 1890. The molecule has 0 radical (unpaired) electrons. The summed E-state index contributed by atoms with van der Waals surface area (Å²) in [6, 6.07) is 8.16. The Hall–Kier alpha value is -3.81. The van der Waals surface area contributed by atoms with Crippen molar-refractivity contribution < 1.29 is 62.2 Å². The van der Waals surface area contributed by atoms with Crippen molar-refractivity contribution >= 4 is 59.7 Å². The summed E-state index contributed by atoms with van der Waals surface area (Å²) in [6.45, 7) is 0.327. The van der Waals surface area contributed by atoms with Gasteiger partial charge in [-0.15, -0.1) is 0 Å². The minimum Gasteiger partial charge on any atom is -0.439 e. The lowest BCUT2D eigenvalue weighted by Crippen LogP contribution is -2.36. The zero-order valence-corrected chi connectivity index (χ0v) is 24.0. The number of ether oxygens (including phenoxy) is 2. The molecule has 0 bridgehead atoms. The zero-order chi connectivity index (χ0) is 30.7. The first kappa shape index (κ1) is 31.1. The fraction of sp³-hybridized carbons (Fsp3) is 0.250. The minimum absolute atomic E-state index is 0.0127. The SMILES string of the molecule is O=COc1ccc2oc(/C=C/C=C3\Oc4ccc(S(=O)(=O)O)cc4N3CCCS(=O)(=O)O)[n+](CCCS(=O)(=O)O)c2c1. The highest BCUT2D eigenvalue weighted by atomic mass is 32.2. The van der Waals surface area contributed by atoms with Gasteiger partial charge < -0.3 is 18.8 Å². The van der Waals surface area contributed by atoms with Gasteiger partial charge in [-0.1, -0.05) is 0 Å². The fourth-order valence-electron chi connectivity index (χ4n) is 4.18. The molecule has 18 heteroatoms. The highest BCUT2D eigenvalue weighted by Gasteiger charge is 2.28. The van der Waals surface area contributed by atoms with E-state index in [4.69, 9.17) is 23.0 Å². The van der Waals surface area contributed by atoms with Crippen molar-refractivity contribution in [3.63, 3.8) is 0 Å². The van der Waals surface area contributed by atoms with E-state index in [1.807, 2.05) is 0 Å². The van der Waals surface area contributed by atoms with E-state index in [1.54, 1.807) is 10.6 Å². The summed E-state index contributed by atoms with van der Waals surface area (Å²) in [5.74, 6) is -0.261. The van der Waals surface area contributed by atoms with Crippen molar-refractivity contribution in [2.24, 2.45) is 0 Å². The summed E-state index contributed by atoms with van der Waals surface area (Å²) >= 11 is 0. The molecule has 226 valence electrons. The molecule has 0 amide bonds. The van der Waals surface area contributed by atoms with E-state index < -0.39 is 46.8 Å². The molecule has 0 fully saturated rings. The van der Waals surface area contributed by atoms with Crippen LogP contribution in [0.3, 0.4) is 0 Å². The molecule has 0 aliphatic carbocycles. The third-order valence-electron chi connectivity index (χ3n) is 5.93. The maximum absolute atomic E-state index is 11.7. The molecule has 0 unspecified atom stereocenters. The molecule has 3 aromatic rings. The molecule has 42 heavy (non-hydrogen) atoms. The second-order valence-electron chi connectivity index (χ2n) is 8.94. The number of aryl methyl sites for hydroxylation is 1. The van der Waals surface area contributed by atoms with Crippen LogP contribution in [0.1, 0.15) is 18.7 Å². The van der Waals surface area contributed by atoms with Gasteiger partial charge >= 0.3 is 5.89 Å². The number of hydrogen-bond donors (Lipinski definition) is 3. The largest absolute Gasteiger partial charge is 0.439 e. The van der Waals surface area contributed by atoms with Crippen LogP contribution in [0.2, 0.25) is 0 Å². The van der Waals surface area contributed by atoms with Gasteiger partial charge in [0.1, 0.15) is 5.75 Å². The number of allylic oxidation sites excluding steroid dienone is 2. The molecule has 4 rings (SSSR count). The van der Waals surface area contributed by atoms with Crippen LogP contribution in [0.25, 0.3) is 17.2 Å². The standard InChI is InChI=1S/C24H24N2O13S3/c27-16-37-17-6-8-21-19(14-17)25(10-2-12-40(28,29)30)23(38-21)4-1-5-24-26(11-3-13-41(31,32)33)20-15-18(42(34,35)36)7-9-22(20)39-24/h1,4-9,14-16H,2-3,10-13H2,(H2-,28,29,30,31,32,33,34,35,36)/p+1. The first-order chi connectivity index (χ1) is 19.6. The van der Waals surface area contributed by atoms with Crippen LogP contribution < -0.4 is 18.9 Å². The van der Waals surface area contributed by atoms with Gasteiger partial charge in [-0.25, -0.2) is 0 Å². The third-order valence-corrected chi connectivity index (χ3v) is 8.39. The number of hydrogen-bond acceptors (Lipinski definition) is 11. The number of rotatable bonds is 13. The molecule has 0 saturated heterocycles. The van der Waals surface area contributed by atoms with E-state index in [9.17, 15) is 34.6 Å². The van der Waals surface area contributed by atoms with E-state index in [-0.39, 0.29) is 61.4 Å². The summed E-state index contributed by atoms with van der Waals surface area (Å²) in [4.78, 5) is 11.8. The molecule has 0 saturated carbocycles. The fourth-order valence-corrected chi connectivity index (χ4v) is 5.67. The van der Waals surface area contributed by atoms with Crippen molar-refractivity contribution in [2.45, 2.75) is 24.3 Å². The van der Waals surface area contributed by atoms with Gasteiger partial charge in [-0.2, -0.15) is 29.8 Å². The number of nitrogens with zero attached hydrogens (tertiary/aromatic N) is 2. The zero-order valence-electron chi connectivity index (χ0n) is 21.6. The quantitative estimate of drug-likeness (QED) is 0.137. The van der Waals surface area contributed by atoms with Crippen LogP contribution in [0.15, 0.2) is 63.7 Å². The third kappa shape index (κ3) is 7.93. The normalized spacial score (nSPS) is 14.9. The van der Waals surface area contributed by atoms with Crippen molar-refractivity contribution in [3.05, 3.63) is 60.3 Å². The van der Waals surface area contributed by atoms with E-state index in [1.165, 1.54) is 41.3 Å². The Morgan fingerprint density at radius 2 is 1.64 bits per heavy atom. The summed E-state index contributed by atoms with van der Waals surface area (Å²) in [6.07, 6.45) is 4.45. The van der Waals surface area contributed by atoms with E-state index in [0.29, 0.717) is 11.1 Å². The topological polar surface area (TPSA) is 219 Å². The van der Waals surface area contributed by atoms with Crippen LogP contribution in [-0.4, -0.2) is 63.4 Å². The first-order valence-corrected chi connectivity index (χ1v) is 16.7. The van der Waals surface area contributed by atoms with E-state index in [2.05, 4.69) is 0 Å². The second kappa shape index (κ2) is 12.2.